The minimum atomic E-state index is 0. The van der Waals surface area contributed by atoms with Gasteiger partial charge in [-0.25, -0.2) is 19.9 Å². The Morgan fingerprint density at radius 1 is 0.814 bits per heavy atom. The number of nitrogens with zero attached hydrogens (tertiary/aromatic N) is 4. The Balaban J connectivity index is 0.000000627. The zero-order chi connectivity index (χ0) is 31.7. The molecule has 3 N–H and O–H groups in total. The van der Waals surface area contributed by atoms with Gasteiger partial charge in [-0.15, -0.1) is 23.5 Å². The smallest absolute Gasteiger partial charge is 0.152 e. The van der Waals surface area contributed by atoms with Gasteiger partial charge in [-0.2, -0.15) is 6.92 Å². The van der Waals surface area contributed by atoms with Crippen LogP contribution in [0.25, 0.3) is 0 Å². The van der Waals surface area contributed by atoms with Crippen molar-refractivity contribution in [2.24, 2.45) is 0 Å². The Hall–Kier alpha value is -3.16. The fraction of sp³-hybridized carbons (Fsp3) is 0.281. The Kier molecular flexibility index (Phi) is 19.9. The molecule has 0 saturated carbocycles. The summed E-state index contributed by atoms with van der Waals surface area (Å²) in [6, 6.07) is 16.1. The molecule has 6 nitrogen and oxygen atoms in total. The number of hydrogen-bond donors (Lipinski definition) is 2. The number of rotatable bonds is 6. The second-order valence-electron chi connectivity index (χ2n) is 9.16. The number of terminal acetylenes is 1. The van der Waals surface area contributed by atoms with E-state index in [1.54, 1.807) is 35.9 Å². The van der Waals surface area contributed by atoms with Crippen molar-refractivity contribution in [1.29, 1.82) is 0 Å². The number of anilines is 3. The van der Waals surface area contributed by atoms with Crippen LogP contribution in [-0.4, -0.2) is 30.4 Å². The summed E-state index contributed by atoms with van der Waals surface area (Å²) in [6.07, 6.45) is 7.71. The summed E-state index contributed by atoms with van der Waals surface area (Å²) < 4.78 is 0. The van der Waals surface area contributed by atoms with Crippen molar-refractivity contribution >= 4 is 63.9 Å². The van der Waals surface area contributed by atoms with Crippen molar-refractivity contribution < 1.29 is 4.70 Å². The van der Waals surface area contributed by atoms with Crippen LogP contribution < -0.4 is 11.1 Å². The molecule has 11 heteroatoms. The van der Waals surface area contributed by atoms with Crippen molar-refractivity contribution in [3.8, 4) is 12.3 Å². The Bertz CT molecular complexity index is 1430. The molecule has 0 spiro atoms. The van der Waals surface area contributed by atoms with Crippen LogP contribution in [0.2, 0.25) is 10.0 Å². The SMILES string of the molecule is C#C[CH2-].CC(C)Sc1ccccc1N.Cc1ncc(Cl)c(C)n1.Cc1ncc(Cl)c(Nc2ccccc2SC(C)C)n1.F. The summed E-state index contributed by atoms with van der Waals surface area (Å²) in [6.45, 7) is 17.2. The maximum Gasteiger partial charge on any atom is 0.152 e. The summed E-state index contributed by atoms with van der Waals surface area (Å²) >= 11 is 15.4. The van der Waals surface area contributed by atoms with E-state index in [1.165, 1.54) is 9.79 Å². The topological polar surface area (TPSA) is 89.6 Å². The summed E-state index contributed by atoms with van der Waals surface area (Å²) in [5.41, 5.74) is 8.48. The number of nitrogens with two attached hydrogens (primary N) is 1. The summed E-state index contributed by atoms with van der Waals surface area (Å²) in [7, 11) is 0. The Morgan fingerprint density at radius 3 is 1.79 bits per heavy atom. The van der Waals surface area contributed by atoms with Crippen LogP contribution in [0.4, 0.5) is 21.9 Å². The maximum atomic E-state index is 6.11. The Morgan fingerprint density at radius 2 is 1.28 bits per heavy atom. The molecule has 2 heterocycles. The van der Waals surface area contributed by atoms with Crippen LogP contribution in [0.3, 0.4) is 0 Å². The third-order valence-electron chi connectivity index (χ3n) is 4.69. The molecular formula is C32H40Cl2FN6S2-. The van der Waals surface area contributed by atoms with E-state index in [-0.39, 0.29) is 4.70 Å². The van der Waals surface area contributed by atoms with Gasteiger partial charge in [0.05, 0.1) is 22.6 Å². The lowest BCUT2D eigenvalue weighted by molar-refractivity contribution is 1.01. The van der Waals surface area contributed by atoms with Gasteiger partial charge in [-0.05, 0) is 45.0 Å². The van der Waals surface area contributed by atoms with Crippen LogP contribution in [0.15, 0.2) is 70.7 Å². The maximum absolute atomic E-state index is 6.11. The van der Waals surface area contributed by atoms with Gasteiger partial charge in [-0.1, -0.05) is 75.2 Å². The number of nitrogens with one attached hydrogen (secondary N) is 1. The minimum Gasteiger partial charge on any atom is -0.398 e. The molecular weight excluding hydrogens is 622 g/mol. The van der Waals surface area contributed by atoms with E-state index in [1.807, 2.05) is 63.1 Å². The number of hydrogen-bond acceptors (Lipinski definition) is 8. The van der Waals surface area contributed by atoms with Crippen molar-refractivity contribution in [2.75, 3.05) is 11.1 Å². The lowest BCUT2D eigenvalue weighted by Crippen LogP contribution is -1.99. The number of nitrogen functional groups attached to an aromatic ring is 1. The first-order valence-electron chi connectivity index (χ1n) is 13.1. The number of aryl methyl sites for hydroxylation is 3. The summed E-state index contributed by atoms with van der Waals surface area (Å²) in [5, 5.41) is 5.55. The second-order valence-corrected chi connectivity index (χ2v) is 13.2. The number of para-hydroxylation sites is 2. The zero-order valence-electron chi connectivity index (χ0n) is 25.6. The number of thioether (sulfide) groups is 2. The predicted molar refractivity (Wildman–Crippen MR) is 188 cm³/mol. The molecule has 0 amide bonds. The molecule has 0 radical (unpaired) electrons. The van der Waals surface area contributed by atoms with Crippen molar-refractivity contribution in [1.82, 2.24) is 19.9 Å². The Labute approximate surface area is 274 Å². The minimum absolute atomic E-state index is 0. The number of benzene rings is 2. The van der Waals surface area contributed by atoms with Gasteiger partial charge in [0.15, 0.2) is 5.82 Å². The molecule has 4 rings (SSSR count). The molecule has 0 saturated heterocycles. The van der Waals surface area contributed by atoms with Crippen LogP contribution in [-0.2, 0) is 0 Å². The van der Waals surface area contributed by atoms with Crippen LogP contribution in [0.1, 0.15) is 45.0 Å². The van der Waals surface area contributed by atoms with Gasteiger partial charge >= 0.3 is 0 Å². The highest BCUT2D eigenvalue weighted by molar-refractivity contribution is 8.00. The van der Waals surface area contributed by atoms with Crippen molar-refractivity contribution in [2.45, 2.75) is 68.8 Å². The highest BCUT2D eigenvalue weighted by atomic mass is 35.5. The molecule has 4 aromatic rings. The van der Waals surface area contributed by atoms with Gasteiger partial charge in [0, 0.05) is 32.2 Å². The van der Waals surface area contributed by atoms with Crippen LogP contribution in [0, 0.1) is 40.0 Å². The third kappa shape index (κ3) is 16.3. The van der Waals surface area contributed by atoms with Gasteiger partial charge in [0.25, 0.3) is 0 Å². The largest absolute Gasteiger partial charge is 0.398 e. The summed E-state index contributed by atoms with van der Waals surface area (Å²) in [5.74, 6) is 4.10. The van der Waals surface area contributed by atoms with E-state index in [9.17, 15) is 0 Å². The van der Waals surface area contributed by atoms with Gasteiger partial charge in [0.2, 0.25) is 0 Å². The highest BCUT2D eigenvalue weighted by Gasteiger charge is 2.09. The van der Waals surface area contributed by atoms with E-state index in [0.29, 0.717) is 32.2 Å². The van der Waals surface area contributed by atoms with Crippen molar-refractivity contribution in [3.05, 3.63) is 95.2 Å². The van der Waals surface area contributed by atoms with E-state index in [4.69, 9.17) is 28.9 Å². The molecule has 43 heavy (non-hydrogen) atoms. The van der Waals surface area contributed by atoms with Crippen LogP contribution >= 0.6 is 46.7 Å². The quantitative estimate of drug-likeness (QED) is 0.0913. The van der Waals surface area contributed by atoms with E-state index in [2.05, 4.69) is 78.4 Å². The normalized spacial score (nSPS) is 9.63. The molecule has 0 aliphatic carbocycles. The van der Waals surface area contributed by atoms with Gasteiger partial charge in [-0.3, -0.25) is 4.70 Å². The molecule has 0 bridgehead atoms. The predicted octanol–water partition coefficient (Wildman–Crippen LogP) is 9.80. The average Bonchev–Trinajstić information content (AvgIpc) is 2.92. The molecule has 0 fully saturated rings. The summed E-state index contributed by atoms with van der Waals surface area (Å²) in [4.78, 5) is 18.7. The molecule has 2 aromatic carbocycles. The monoisotopic (exact) mass is 661 g/mol. The highest BCUT2D eigenvalue weighted by Crippen LogP contribution is 2.33. The molecule has 0 aliphatic rings. The van der Waals surface area contributed by atoms with E-state index in [0.717, 1.165) is 22.9 Å². The average molecular weight is 663 g/mol. The molecule has 232 valence electrons. The fourth-order valence-electron chi connectivity index (χ4n) is 3.01. The first kappa shape index (κ1) is 39.8. The van der Waals surface area contributed by atoms with E-state index >= 15 is 0 Å². The standard InChI is InChI=1S/C14H16ClN3S.C9H13NS.C6H7ClN2.C3H3.FH/c1-9(2)19-13-7-5-4-6-12(13)18-14-11(15)8-16-10(3)17-14;1-7(2)11-9-6-4-3-5-8(9)10;1-4-6(7)3-8-5(2)9-4;1-3-2;/h4-9H,1-3H3,(H,16,17,18);3-7H,10H2,1-2H3;3H,1-2H3;1H,2H2;1H/q;;;-1;. The number of halogens is 3. The first-order chi connectivity index (χ1) is 19.9. The number of aromatic nitrogens is 4. The fourth-order valence-corrected chi connectivity index (χ4v) is 5.02. The van der Waals surface area contributed by atoms with Gasteiger partial charge in [0.1, 0.15) is 16.7 Å². The molecule has 2 aromatic heterocycles. The first-order valence-corrected chi connectivity index (χ1v) is 15.6. The molecule has 0 unspecified atom stereocenters. The zero-order valence-corrected chi connectivity index (χ0v) is 28.7. The third-order valence-corrected chi connectivity index (χ3v) is 7.52. The van der Waals surface area contributed by atoms with E-state index < -0.39 is 0 Å². The lowest BCUT2D eigenvalue weighted by atomic mass is 10.3. The van der Waals surface area contributed by atoms with Crippen molar-refractivity contribution in [3.63, 3.8) is 0 Å². The van der Waals surface area contributed by atoms with Crippen LogP contribution in [0.5, 0.6) is 0 Å². The molecule has 0 aliphatic heterocycles. The second kappa shape index (κ2) is 21.5. The van der Waals surface area contributed by atoms with Gasteiger partial charge < -0.3 is 23.4 Å². The lowest BCUT2D eigenvalue weighted by Gasteiger charge is -2.13. The molecule has 0 atom stereocenters.